The van der Waals surface area contributed by atoms with Crippen molar-refractivity contribution in [2.45, 2.75) is 18.7 Å². The molecule has 138 valence electrons. The first-order chi connectivity index (χ1) is 12.1. The van der Waals surface area contributed by atoms with Crippen LogP contribution < -0.4 is 9.47 Å². The molecule has 1 N–H and O–H groups in total. The molecule has 1 fully saturated rings. The minimum absolute atomic E-state index is 0.0868. The second-order valence-corrected chi connectivity index (χ2v) is 7.81. The van der Waals surface area contributed by atoms with E-state index in [4.69, 9.17) is 14.6 Å². The topological polar surface area (TPSA) is 76.1 Å². The van der Waals surface area contributed by atoms with E-state index in [2.05, 4.69) is 0 Å². The van der Waals surface area contributed by atoms with E-state index in [1.807, 2.05) is 17.0 Å². The van der Waals surface area contributed by atoms with E-state index in [0.29, 0.717) is 30.2 Å². The van der Waals surface area contributed by atoms with Crippen LogP contribution >= 0.6 is 23.5 Å². The number of aliphatic hydroxyl groups excluding tert-OH is 1. The van der Waals surface area contributed by atoms with E-state index in [1.54, 1.807) is 29.6 Å². The Morgan fingerprint density at radius 3 is 2.88 bits per heavy atom. The number of carbonyl (C=O) groups is 2. The second kappa shape index (κ2) is 9.94. The highest BCUT2D eigenvalue weighted by Crippen LogP contribution is 2.40. The summed E-state index contributed by atoms with van der Waals surface area (Å²) in [4.78, 5) is 25.4. The molecule has 6 nitrogen and oxygen atoms in total. The van der Waals surface area contributed by atoms with Crippen molar-refractivity contribution in [3.05, 3.63) is 23.8 Å². The Kier molecular flexibility index (Phi) is 7.92. The summed E-state index contributed by atoms with van der Waals surface area (Å²) in [5, 5.41) is 8.79. The van der Waals surface area contributed by atoms with Gasteiger partial charge in [-0.3, -0.25) is 9.59 Å². The maximum absolute atomic E-state index is 12.4. The molecule has 1 aromatic rings. The average Bonchev–Trinajstić information content (AvgIpc) is 2.59. The van der Waals surface area contributed by atoms with Crippen molar-refractivity contribution in [3.63, 3.8) is 0 Å². The summed E-state index contributed by atoms with van der Waals surface area (Å²) in [6.45, 7) is 2.12. The molecule has 1 unspecified atom stereocenters. The number of aliphatic hydroxyl groups is 1. The third-order valence-electron chi connectivity index (χ3n) is 3.63. The normalized spacial score (nSPS) is 17.5. The van der Waals surface area contributed by atoms with Crippen molar-refractivity contribution < 1.29 is 24.2 Å². The van der Waals surface area contributed by atoms with Gasteiger partial charge >= 0.3 is 5.97 Å². The average molecular weight is 386 g/mol. The highest BCUT2D eigenvalue weighted by atomic mass is 32.2. The molecule has 1 aromatic carbocycles. The van der Waals surface area contributed by atoms with Gasteiger partial charge in [0.15, 0.2) is 11.5 Å². The molecule has 1 atom stereocenters. The van der Waals surface area contributed by atoms with E-state index in [9.17, 15) is 9.59 Å². The summed E-state index contributed by atoms with van der Waals surface area (Å²) in [5.41, 5.74) is 0.943. The van der Waals surface area contributed by atoms with Crippen LogP contribution in [0.2, 0.25) is 0 Å². The second-order valence-electron chi connectivity index (χ2n) is 5.40. The smallest absolute Gasteiger partial charge is 0.308 e. The van der Waals surface area contributed by atoms with Crippen LogP contribution in [0.4, 0.5) is 0 Å². The van der Waals surface area contributed by atoms with Crippen LogP contribution in [0.3, 0.4) is 0 Å². The van der Waals surface area contributed by atoms with Crippen LogP contribution in [-0.4, -0.2) is 59.4 Å². The van der Waals surface area contributed by atoms with Gasteiger partial charge in [0.2, 0.25) is 5.91 Å². The first-order valence-electron chi connectivity index (χ1n) is 8.03. The van der Waals surface area contributed by atoms with Crippen LogP contribution in [0, 0.1) is 0 Å². The van der Waals surface area contributed by atoms with Gasteiger partial charge in [0.25, 0.3) is 0 Å². The molecule has 1 heterocycles. The maximum Gasteiger partial charge on any atom is 0.308 e. The standard InChI is InChI=1S/C17H23NO5S2/c1-12(20)23-14-4-3-13(11-15(14)22-2)17-18(6-9-24-10-7-19)16(21)5-8-25-17/h3-4,11,17,19H,5-10H2,1-2H3. The number of hydrogen-bond acceptors (Lipinski definition) is 7. The molecular weight excluding hydrogens is 362 g/mol. The predicted molar refractivity (Wildman–Crippen MR) is 100 cm³/mol. The SMILES string of the molecule is COc1cc(C2SCCC(=O)N2CCSCCO)ccc1OC(C)=O. The van der Waals surface area contributed by atoms with Gasteiger partial charge in [-0.25, -0.2) is 0 Å². The monoisotopic (exact) mass is 385 g/mol. The molecule has 0 aliphatic carbocycles. The Balaban J connectivity index is 2.17. The van der Waals surface area contributed by atoms with E-state index < -0.39 is 5.97 Å². The number of amides is 1. The highest BCUT2D eigenvalue weighted by Gasteiger charge is 2.30. The summed E-state index contributed by atoms with van der Waals surface area (Å²) in [7, 11) is 1.52. The highest BCUT2D eigenvalue weighted by molar-refractivity contribution is 7.99. The summed E-state index contributed by atoms with van der Waals surface area (Å²) >= 11 is 3.34. The number of ether oxygens (including phenoxy) is 2. The Labute approximate surface area is 156 Å². The molecule has 2 rings (SSSR count). The van der Waals surface area contributed by atoms with Crippen molar-refractivity contribution in [2.75, 3.05) is 37.5 Å². The zero-order valence-electron chi connectivity index (χ0n) is 14.4. The Morgan fingerprint density at radius 1 is 1.40 bits per heavy atom. The van der Waals surface area contributed by atoms with Gasteiger partial charge in [-0.15, -0.1) is 11.8 Å². The van der Waals surface area contributed by atoms with Crippen LogP contribution in [0.25, 0.3) is 0 Å². The summed E-state index contributed by atoms with van der Waals surface area (Å²) in [6, 6.07) is 5.39. The molecule has 1 saturated heterocycles. The molecule has 0 aromatic heterocycles. The predicted octanol–water partition coefficient (Wildman–Crippen LogP) is 2.31. The lowest BCUT2D eigenvalue weighted by Gasteiger charge is -2.35. The van der Waals surface area contributed by atoms with Gasteiger partial charge in [0.05, 0.1) is 13.7 Å². The van der Waals surface area contributed by atoms with E-state index in [1.165, 1.54) is 14.0 Å². The van der Waals surface area contributed by atoms with Gasteiger partial charge in [0, 0.05) is 37.1 Å². The molecule has 0 saturated carbocycles. The summed E-state index contributed by atoms with van der Waals surface area (Å²) < 4.78 is 10.5. The molecule has 1 amide bonds. The number of nitrogens with zero attached hydrogens (tertiary/aromatic N) is 1. The zero-order valence-corrected chi connectivity index (χ0v) is 16.0. The molecular formula is C17H23NO5S2. The zero-order chi connectivity index (χ0) is 18.2. The first kappa shape index (κ1) is 19.9. The van der Waals surface area contributed by atoms with Crippen molar-refractivity contribution in [1.29, 1.82) is 0 Å². The Bertz CT molecular complexity index is 611. The van der Waals surface area contributed by atoms with Gasteiger partial charge in [-0.05, 0) is 17.7 Å². The number of benzene rings is 1. The lowest BCUT2D eigenvalue weighted by Crippen LogP contribution is -2.38. The number of esters is 1. The molecule has 0 bridgehead atoms. The van der Waals surface area contributed by atoms with E-state index >= 15 is 0 Å². The summed E-state index contributed by atoms with van der Waals surface area (Å²) in [5.74, 6) is 2.80. The van der Waals surface area contributed by atoms with Crippen molar-refractivity contribution >= 4 is 35.4 Å². The van der Waals surface area contributed by atoms with E-state index in [-0.39, 0.29) is 17.9 Å². The lowest BCUT2D eigenvalue weighted by molar-refractivity contribution is -0.132. The molecule has 8 heteroatoms. The number of carbonyl (C=O) groups excluding carboxylic acids is 2. The fourth-order valence-corrected chi connectivity index (χ4v) is 4.46. The minimum Gasteiger partial charge on any atom is -0.493 e. The minimum atomic E-state index is -0.407. The third kappa shape index (κ3) is 5.55. The van der Waals surface area contributed by atoms with Crippen molar-refractivity contribution in [1.82, 2.24) is 4.90 Å². The number of rotatable bonds is 8. The van der Waals surface area contributed by atoms with Crippen LogP contribution in [-0.2, 0) is 9.59 Å². The Morgan fingerprint density at radius 2 is 2.20 bits per heavy atom. The number of hydrogen-bond donors (Lipinski definition) is 1. The quantitative estimate of drug-likeness (QED) is 0.418. The first-order valence-corrected chi connectivity index (χ1v) is 10.2. The molecule has 1 aliphatic rings. The van der Waals surface area contributed by atoms with Crippen molar-refractivity contribution in [3.8, 4) is 11.5 Å². The molecule has 1 aliphatic heterocycles. The number of methoxy groups -OCH3 is 1. The number of thioether (sulfide) groups is 2. The molecule has 0 spiro atoms. The molecule has 0 radical (unpaired) electrons. The summed E-state index contributed by atoms with van der Waals surface area (Å²) in [6.07, 6.45) is 0.536. The van der Waals surface area contributed by atoms with Gasteiger partial charge in [-0.2, -0.15) is 11.8 Å². The van der Waals surface area contributed by atoms with Crippen molar-refractivity contribution in [2.24, 2.45) is 0 Å². The fraction of sp³-hybridized carbons (Fsp3) is 0.529. The largest absolute Gasteiger partial charge is 0.493 e. The third-order valence-corrected chi connectivity index (χ3v) is 5.86. The van der Waals surface area contributed by atoms with E-state index in [0.717, 1.165) is 17.1 Å². The lowest BCUT2D eigenvalue weighted by atomic mass is 10.1. The van der Waals surface area contributed by atoms with Crippen LogP contribution in [0.15, 0.2) is 18.2 Å². The maximum atomic E-state index is 12.4. The van der Waals surface area contributed by atoms with Gasteiger partial charge in [-0.1, -0.05) is 6.07 Å². The Hall–Kier alpha value is -1.38. The van der Waals surface area contributed by atoms with Crippen LogP contribution in [0.5, 0.6) is 11.5 Å². The van der Waals surface area contributed by atoms with Gasteiger partial charge in [0.1, 0.15) is 5.37 Å². The van der Waals surface area contributed by atoms with Gasteiger partial charge < -0.3 is 19.5 Å². The molecule has 25 heavy (non-hydrogen) atoms. The fourth-order valence-electron chi connectivity index (χ4n) is 2.55. The van der Waals surface area contributed by atoms with Crippen LogP contribution in [0.1, 0.15) is 24.3 Å².